The lowest BCUT2D eigenvalue weighted by molar-refractivity contribution is 0.518. The first-order valence-electron chi connectivity index (χ1n) is 7.16. The van der Waals surface area contributed by atoms with E-state index in [1.807, 2.05) is 0 Å². The van der Waals surface area contributed by atoms with E-state index in [1.165, 1.54) is 9.75 Å². The summed E-state index contributed by atoms with van der Waals surface area (Å²) in [6.45, 7) is 0.566. The van der Waals surface area contributed by atoms with E-state index < -0.39 is 9.84 Å². The monoisotopic (exact) mass is 341 g/mol. The van der Waals surface area contributed by atoms with E-state index in [1.54, 1.807) is 22.7 Å². The molecule has 2 unspecified atom stereocenters. The highest BCUT2D eigenvalue weighted by Crippen LogP contribution is 2.26. The van der Waals surface area contributed by atoms with Gasteiger partial charge in [0.25, 0.3) is 0 Å². The van der Waals surface area contributed by atoms with Crippen LogP contribution in [0.4, 0.5) is 0 Å². The van der Waals surface area contributed by atoms with Crippen molar-refractivity contribution < 1.29 is 8.42 Å². The van der Waals surface area contributed by atoms with E-state index in [2.05, 4.69) is 40.3 Å². The normalized spacial score (nSPS) is 22.4. The minimum atomic E-state index is -2.87. The zero-order chi connectivity index (χ0) is 14.7. The van der Waals surface area contributed by atoms with E-state index in [0.29, 0.717) is 12.3 Å². The van der Waals surface area contributed by atoms with Crippen LogP contribution >= 0.6 is 22.7 Å². The summed E-state index contributed by atoms with van der Waals surface area (Å²) in [5.74, 6) is 0.355. The lowest BCUT2D eigenvalue weighted by Crippen LogP contribution is -2.33. The van der Waals surface area contributed by atoms with Crippen molar-refractivity contribution in [2.75, 3.05) is 12.3 Å². The highest BCUT2D eigenvalue weighted by atomic mass is 32.2. The minimum Gasteiger partial charge on any atom is -0.308 e. The first-order valence-corrected chi connectivity index (χ1v) is 10.6. The van der Waals surface area contributed by atoms with E-state index >= 15 is 0 Å². The molecule has 0 spiro atoms. The van der Waals surface area contributed by atoms with Gasteiger partial charge in [-0.15, -0.1) is 22.7 Å². The fraction of sp³-hybridized carbons (Fsp3) is 0.467. The van der Waals surface area contributed by atoms with Crippen LogP contribution in [0.2, 0.25) is 0 Å². The maximum Gasteiger partial charge on any atom is 0.154 e. The van der Waals surface area contributed by atoms with Crippen LogP contribution in [0.5, 0.6) is 0 Å². The van der Waals surface area contributed by atoms with Gasteiger partial charge in [-0.05, 0) is 35.7 Å². The molecule has 3 rings (SSSR count). The van der Waals surface area contributed by atoms with E-state index in [4.69, 9.17) is 0 Å². The molecular weight excluding hydrogens is 322 g/mol. The van der Waals surface area contributed by atoms with Gasteiger partial charge < -0.3 is 5.32 Å². The van der Waals surface area contributed by atoms with E-state index in [9.17, 15) is 8.42 Å². The Morgan fingerprint density at radius 2 is 2.05 bits per heavy atom. The molecule has 2 atom stereocenters. The predicted molar refractivity (Wildman–Crippen MR) is 89.9 cm³/mol. The number of thiophene rings is 2. The average molecular weight is 342 g/mol. The average Bonchev–Trinajstić information content (AvgIpc) is 3.16. The molecule has 1 fully saturated rings. The van der Waals surface area contributed by atoms with Crippen LogP contribution in [0, 0.1) is 0 Å². The zero-order valence-corrected chi connectivity index (χ0v) is 14.1. The van der Waals surface area contributed by atoms with Crippen molar-refractivity contribution >= 4 is 32.5 Å². The van der Waals surface area contributed by atoms with Crippen LogP contribution in [0.25, 0.3) is 0 Å². The van der Waals surface area contributed by atoms with Gasteiger partial charge in [-0.3, -0.25) is 0 Å². The summed E-state index contributed by atoms with van der Waals surface area (Å²) in [6.07, 6.45) is 2.53. The molecule has 21 heavy (non-hydrogen) atoms. The topological polar surface area (TPSA) is 46.2 Å². The molecule has 1 aliphatic heterocycles. The molecule has 3 heterocycles. The highest BCUT2D eigenvalue weighted by molar-refractivity contribution is 7.92. The lowest BCUT2D eigenvalue weighted by Gasteiger charge is -2.19. The number of sulfone groups is 1. The van der Waals surface area contributed by atoms with Gasteiger partial charge in [0, 0.05) is 28.8 Å². The van der Waals surface area contributed by atoms with Crippen molar-refractivity contribution in [3.63, 3.8) is 0 Å². The number of hydrogen-bond donors (Lipinski definition) is 1. The fourth-order valence-corrected chi connectivity index (χ4v) is 6.09. The third-order valence-electron chi connectivity index (χ3n) is 3.93. The Balaban J connectivity index is 1.68. The molecule has 0 aliphatic carbocycles. The number of rotatable bonds is 6. The molecular formula is C15H19NO2S3. The van der Waals surface area contributed by atoms with Crippen LogP contribution in [0.15, 0.2) is 35.0 Å². The van der Waals surface area contributed by atoms with Crippen LogP contribution in [0.1, 0.15) is 28.6 Å². The highest BCUT2D eigenvalue weighted by Gasteiger charge is 2.31. The second-order valence-electron chi connectivity index (χ2n) is 5.39. The maximum absolute atomic E-state index is 11.9. The van der Waals surface area contributed by atoms with Gasteiger partial charge in [0.15, 0.2) is 9.84 Å². The van der Waals surface area contributed by atoms with Gasteiger partial charge in [-0.25, -0.2) is 8.42 Å². The Kier molecular flexibility index (Phi) is 4.78. The van der Waals surface area contributed by atoms with Crippen LogP contribution in [-0.4, -0.2) is 26.0 Å². The van der Waals surface area contributed by atoms with E-state index in [-0.39, 0.29) is 11.3 Å². The van der Waals surface area contributed by atoms with Gasteiger partial charge in [0.1, 0.15) is 0 Å². The zero-order valence-electron chi connectivity index (χ0n) is 11.7. The molecule has 114 valence electrons. The smallest absolute Gasteiger partial charge is 0.154 e. The molecule has 0 radical (unpaired) electrons. The van der Waals surface area contributed by atoms with Crippen molar-refractivity contribution in [2.24, 2.45) is 0 Å². The Morgan fingerprint density at radius 1 is 1.24 bits per heavy atom. The molecule has 2 aromatic heterocycles. The SMILES string of the molecule is O=S1(=O)CCCC1CNC(Cc1cccs1)c1cccs1. The molecule has 1 aliphatic rings. The largest absolute Gasteiger partial charge is 0.308 e. The van der Waals surface area contributed by atoms with Gasteiger partial charge in [-0.2, -0.15) is 0 Å². The van der Waals surface area contributed by atoms with Crippen LogP contribution < -0.4 is 5.32 Å². The summed E-state index contributed by atoms with van der Waals surface area (Å²) >= 11 is 3.48. The van der Waals surface area contributed by atoms with Gasteiger partial charge in [0.05, 0.1) is 11.0 Å². The summed E-state index contributed by atoms with van der Waals surface area (Å²) in [6, 6.07) is 8.58. The minimum absolute atomic E-state index is 0.205. The Morgan fingerprint density at radius 3 is 2.67 bits per heavy atom. The van der Waals surface area contributed by atoms with Crippen molar-refractivity contribution in [1.82, 2.24) is 5.32 Å². The molecule has 6 heteroatoms. The summed E-state index contributed by atoms with van der Waals surface area (Å²) in [5.41, 5.74) is 0. The second kappa shape index (κ2) is 6.60. The first-order chi connectivity index (χ1) is 10.1. The summed E-state index contributed by atoms with van der Waals surface area (Å²) in [5, 5.41) is 7.45. The van der Waals surface area contributed by atoms with Crippen molar-refractivity contribution in [3.05, 3.63) is 44.8 Å². The predicted octanol–water partition coefficient (Wildman–Crippen LogP) is 3.26. The Hall–Kier alpha value is -0.690. The summed E-state index contributed by atoms with van der Waals surface area (Å²) < 4.78 is 23.9. The van der Waals surface area contributed by atoms with Gasteiger partial charge in [-0.1, -0.05) is 12.1 Å². The van der Waals surface area contributed by atoms with Crippen LogP contribution in [-0.2, 0) is 16.3 Å². The second-order valence-corrected chi connectivity index (χ2v) is 9.80. The first kappa shape index (κ1) is 15.2. The molecule has 0 bridgehead atoms. The summed E-state index contributed by atoms with van der Waals surface area (Å²) in [7, 11) is -2.87. The molecule has 1 saturated heterocycles. The third kappa shape index (κ3) is 3.74. The number of hydrogen-bond acceptors (Lipinski definition) is 5. The van der Waals surface area contributed by atoms with E-state index in [0.717, 1.165) is 19.3 Å². The molecule has 3 nitrogen and oxygen atoms in total. The third-order valence-corrected chi connectivity index (χ3v) is 8.09. The Labute approximate surface area is 133 Å². The van der Waals surface area contributed by atoms with Crippen LogP contribution in [0.3, 0.4) is 0 Å². The number of nitrogens with one attached hydrogen (secondary N) is 1. The van der Waals surface area contributed by atoms with Crippen molar-refractivity contribution in [3.8, 4) is 0 Å². The van der Waals surface area contributed by atoms with Crippen molar-refractivity contribution in [2.45, 2.75) is 30.6 Å². The lowest BCUT2D eigenvalue weighted by atomic mass is 10.1. The summed E-state index contributed by atoms with van der Waals surface area (Å²) in [4.78, 5) is 2.61. The van der Waals surface area contributed by atoms with Gasteiger partial charge >= 0.3 is 0 Å². The fourth-order valence-electron chi connectivity index (χ4n) is 2.75. The quantitative estimate of drug-likeness (QED) is 0.877. The molecule has 0 saturated carbocycles. The van der Waals surface area contributed by atoms with Gasteiger partial charge in [0.2, 0.25) is 0 Å². The molecule has 1 N–H and O–H groups in total. The maximum atomic E-state index is 11.9. The molecule has 0 amide bonds. The van der Waals surface area contributed by atoms with Crippen molar-refractivity contribution in [1.29, 1.82) is 0 Å². The standard InChI is InChI=1S/C15H19NO2S3/c17-21(18)9-3-5-13(21)11-16-14(15-6-2-8-20-15)10-12-4-1-7-19-12/h1-2,4,6-8,13-14,16H,3,5,9-11H2. The molecule has 0 aromatic carbocycles. The molecule has 2 aromatic rings. The Bertz CT molecular complexity index is 647.